The standard InChI is InChI=1S/C15H17BrN2O4/c1-20-7-8-22-15-13(16)9-14(19)18(17-15)10-11-3-5-12(21-2)6-4-11/h3-6,9H,7-8,10H2,1-2H3. The highest BCUT2D eigenvalue weighted by Gasteiger charge is 2.08. The van der Waals surface area contributed by atoms with E-state index >= 15 is 0 Å². The van der Waals surface area contributed by atoms with Gasteiger partial charge in [0.15, 0.2) is 0 Å². The molecule has 0 aliphatic rings. The summed E-state index contributed by atoms with van der Waals surface area (Å²) in [4.78, 5) is 12.0. The molecule has 0 aliphatic carbocycles. The van der Waals surface area contributed by atoms with Gasteiger partial charge in [0.05, 0.1) is 24.7 Å². The average molecular weight is 369 g/mol. The van der Waals surface area contributed by atoms with E-state index in [2.05, 4.69) is 21.0 Å². The van der Waals surface area contributed by atoms with Gasteiger partial charge < -0.3 is 14.2 Å². The zero-order chi connectivity index (χ0) is 15.9. The molecule has 1 heterocycles. The minimum atomic E-state index is -0.207. The van der Waals surface area contributed by atoms with Crippen LogP contribution >= 0.6 is 15.9 Å². The summed E-state index contributed by atoms with van der Waals surface area (Å²) >= 11 is 3.28. The first-order chi connectivity index (χ1) is 10.6. The Morgan fingerprint density at radius 3 is 2.55 bits per heavy atom. The fourth-order valence-electron chi connectivity index (χ4n) is 1.79. The Balaban J connectivity index is 2.18. The third-order valence-corrected chi connectivity index (χ3v) is 3.51. The lowest BCUT2D eigenvalue weighted by Crippen LogP contribution is -2.24. The summed E-state index contributed by atoms with van der Waals surface area (Å²) in [5.41, 5.74) is 0.738. The van der Waals surface area contributed by atoms with Crippen LogP contribution in [0, 0.1) is 0 Å². The van der Waals surface area contributed by atoms with Gasteiger partial charge in [-0.1, -0.05) is 12.1 Å². The van der Waals surface area contributed by atoms with Crippen molar-refractivity contribution in [3.63, 3.8) is 0 Å². The number of benzene rings is 1. The first-order valence-corrected chi connectivity index (χ1v) is 7.45. The summed E-state index contributed by atoms with van der Waals surface area (Å²) in [7, 11) is 3.20. The monoisotopic (exact) mass is 368 g/mol. The van der Waals surface area contributed by atoms with Gasteiger partial charge in [0.1, 0.15) is 12.4 Å². The van der Waals surface area contributed by atoms with E-state index in [9.17, 15) is 4.79 Å². The van der Waals surface area contributed by atoms with Crippen molar-refractivity contribution in [2.24, 2.45) is 0 Å². The van der Waals surface area contributed by atoms with Crippen molar-refractivity contribution in [1.29, 1.82) is 0 Å². The summed E-state index contributed by atoms with van der Waals surface area (Å²) in [5.74, 6) is 1.13. The molecule has 0 N–H and O–H groups in total. The van der Waals surface area contributed by atoms with Gasteiger partial charge in [-0.25, -0.2) is 4.68 Å². The summed E-state index contributed by atoms with van der Waals surface area (Å²) in [6, 6.07) is 8.91. The fraction of sp³-hybridized carbons (Fsp3) is 0.333. The van der Waals surface area contributed by atoms with Crippen LogP contribution in [-0.4, -0.2) is 37.2 Å². The third kappa shape index (κ3) is 4.32. The van der Waals surface area contributed by atoms with Gasteiger partial charge in [-0.2, -0.15) is 0 Å². The number of methoxy groups -OCH3 is 2. The van der Waals surface area contributed by atoms with E-state index in [1.165, 1.54) is 10.7 Å². The number of aromatic nitrogens is 2. The van der Waals surface area contributed by atoms with Crippen molar-refractivity contribution in [1.82, 2.24) is 9.78 Å². The highest BCUT2D eigenvalue weighted by molar-refractivity contribution is 9.10. The molecule has 0 atom stereocenters. The lowest BCUT2D eigenvalue weighted by molar-refractivity contribution is 0.141. The molecule has 1 aromatic carbocycles. The van der Waals surface area contributed by atoms with Crippen LogP contribution in [0.4, 0.5) is 0 Å². The normalized spacial score (nSPS) is 10.5. The number of nitrogens with zero attached hydrogens (tertiary/aromatic N) is 2. The van der Waals surface area contributed by atoms with Crippen LogP contribution < -0.4 is 15.0 Å². The SMILES string of the molecule is COCCOc1nn(Cc2ccc(OC)cc2)c(=O)cc1Br. The molecule has 22 heavy (non-hydrogen) atoms. The van der Waals surface area contributed by atoms with E-state index < -0.39 is 0 Å². The zero-order valence-electron chi connectivity index (χ0n) is 12.4. The Morgan fingerprint density at radius 1 is 1.18 bits per heavy atom. The molecule has 0 unspecified atom stereocenters. The smallest absolute Gasteiger partial charge is 0.268 e. The fourth-order valence-corrected chi connectivity index (χ4v) is 2.18. The highest BCUT2D eigenvalue weighted by atomic mass is 79.9. The molecule has 118 valence electrons. The summed E-state index contributed by atoms with van der Waals surface area (Å²) in [6.07, 6.45) is 0. The maximum atomic E-state index is 12.0. The van der Waals surface area contributed by atoms with Gasteiger partial charge in [0.2, 0.25) is 5.88 Å². The van der Waals surface area contributed by atoms with Gasteiger partial charge >= 0.3 is 0 Å². The van der Waals surface area contributed by atoms with Crippen molar-refractivity contribution >= 4 is 15.9 Å². The maximum absolute atomic E-state index is 12.0. The second-order valence-corrected chi connectivity index (χ2v) is 5.34. The molecule has 0 saturated heterocycles. The molecule has 0 spiro atoms. The maximum Gasteiger partial charge on any atom is 0.268 e. The topological polar surface area (TPSA) is 62.6 Å². The Labute approximate surface area is 136 Å². The molecule has 0 bridgehead atoms. The molecule has 6 nitrogen and oxygen atoms in total. The zero-order valence-corrected chi connectivity index (χ0v) is 14.0. The van der Waals surface area contributed by atoms with Crippen LogP contribution in [0.5, 0.6) is 11.6 Å². The van der Waals surface area contributed by atoms with E-state index in [1.807, 2.05) is 24.3 Å². The molecule has 1 aromatic heterocycles. The molecule has 0 fully saturated rings. The van der Waals surface area contributed by atoms with E-state index in [1.54, 1.807) is 14.2 Å². The van der Waals surface area contributed by atoms with Crippen molar-refractivity contribution in [2.45, 2.75) is 6.54 Å². The van der Waals surface area contributed by atoms with Crippen molar-refractivity contribution in [3.05, 3.63) is 50.7 Å². The van der Waals surface area contributed by atoms with Crippen LogP contribution in [-0.2, 0) is 11.3 Å². The Bertz CT molecular complexity index is 670. The molecule has 0 saturated carbocycles. The third-order valence-electron chi connectivity index (χ3n) is 2.94. The van der Waals surface area contributed by atoms with Crippen molar-refractivity contribution < 1.29 is 14.2 Å². The summed E-state index contributed by atoms with van der Waals surface area (Å²) in [5, 5.41) is 4.23. The highest BCUT2D eigenvalue weighted by Crippen LogP contribution is 2.19. The molecular weight excluding hydrogens is 352 g/mol. The Hall–Kier alpha value is -1.86. The Morgan fingerprint density at radius 2 is 1.91 bits per heavy atom. The molecule has 2 aromatic rings. The first-order valence-electron chi connectivity index (χ1n) is 6.66. The van der Waals surface area contributed by atoms with Crippen molar-refractivity contribution in [2.75, 3.05) is 27.4 Å². The van der Waals surface area contributed by atoms with Crippen LogP contribution in [0.2, 0.25) is 0 Å². The molecule has 2 rings (SSSR count). The summed E-state index contributed by atoms with van der Waals surface area (Å²) < 4.78 is 17.4. The van der Waals surface area contributed by atoms with Gasteiger partial charge in [0, 0.05) is 13.2 Å². The minimum absolute atomic E-state index is 0.207. The van der Waals surface area contributed by atoms with Gasteiger partial charge in [0.25, 0.3) is 5.56 Å². The first kappa shape index (κ1) is 16.5. The van der Waals surface area contributed by atoms with Crippen molar-refractivity contribution in [3.8, 4) is 11.6 Å². The second kappa shape index (κ2) is 7.95. The van der Waals surface area contributed by atoms with E-state index in [-0.39, 0.29) is 5.56 Å². The number of hydrogen-bond donors (Lipinski definition) is 0. The number of rotatable bonds is 7. The lowest BCUT2D eigenvalue weighted by Gasteiger charge is -2.10. The molecule has 0 amide bonds. The molecule has 0 aliphatic heterocycles. The quantitative estimate of drug-likeness (QED) is 0.700. The van der Waals surface area contributed by atoms with Crippen LogP contribution in [0.1, 0.15) is 5.56 Å². The van der Waals surface area contributed by atoms with Gasteiger partial charge in [-0.05, 0) is 33.6 Å². The molecular formula is C15H17BrN2O4. The number of halogens is 1. The number of hydrogen-bond acceptors (Lipinski definition) is 5. The second-order valence-electron chi connectivity index (χ2n) is 4.48. The lowest BCUT2D eigenvalue weighted by atomic mass is 10.2. The van der Waals surface area contributed by atoms with E-state index in [0.717, 1.165) is 11.3 Å². The Kier molecular flexibility index (Phi) is 5.97. The number of ether oxygens (including phenoxy) is 3. The minimum Gasteiger partial charge on any atom is -0.497 e. The van der Waals surface area contributed by atoms with Crippen LogP contribution in [0.15, 0.2) is 39.6 Å². The van der Waals surface area contributed by atoms with Gasteiger partial charge in [-0.15, -0.1) is 5.10 Å². The predicted molar refractivity (Wildman–Crippen MR) is 85.7 cm³/mol. The van der Waals surface area contributed by atoms with E-state index in [4.69, 9.17) is 14.2 Å². The molecule has 0 radical (unpaired) electrons. The van der Waals surface area contributed by atoms with Crippen LogP contribution in [0.25, 0.3) is 0 Å². The van der Waals surface area contributed by atoms with Crippen LogP contribution in [0.3, 0.4) is 0 Å². The summed E-state index contributed by atoms with van der Waals surface area (Å²) in [6.45, 7) is 1.17. The molecule has 7 heteroatoms. The average Bonchev–Trinajstić information content (AvgIpc) is 2.52. The largest absolute Gasteiger partial charge is 0.497 e. The van der Waals surface area contributed by atoms with Gasteiger partial charge in [-0.3, -0.25) is 4.79 Å². The van der Waals surface area contributed by atoms with E-state index in [0.29, 0.717) is 30.1 Å². The predicted octanol–water partition coefficient (Wildman–Crippen LogP) is 2.09.